The van der Waals surface area contributed by atoms with E-state index in [-0.39, 0.29) is 35.8 Å². The molecule has 0 unspecified atom stereocenters. The van der Waals surface area contributed by atoms with Crippen LogP contribution in [0.15, 0.2) is 17.1 Å². The Balaban J connectivity index is 1.92. The van der Waals surface area contributed by atoms with Gasteiger partial charge in [0.25, 0.3) is 0 Å². The van der Waals surface area contributed by atoms with Crippen molar-refractivity contribution in [2.45, 2.75) is 39.7 Å². The van der Waals surface area contributed by atoms with E-state index in [0.717, 1.165) is 44.7 Å². The lowest BCUT2D eigenvalue weighted by Crippen LogP contribution is -2.44. The SMILES string of the molecule is CCCCOc1c(C(=O)OC)nc2c(N3CCN(C(C)C)C3=O)cc(N3CCN(C)CC3)cn2c1=O. The summed E-state index contributed by atoms with van der Waals surface area (Å²) in [6.45, 7) is 10.6. The standard InChI is InChI=1S/C25H36N6O5/c1-6-7-14-36-21-20(24(33)35-5)26-22-19(30-13-12-29(17(2)3)25(30)34)15-18(16-31(22)23(21)32)28-10-8-27(4)9-11-28/h15-17H,6-14H2,1-5H3. The summed E-state index contributed by atoms with van der Waals surface area (Å²) in [4.78, 5) is 52.1. The van der Waals surface area contributed by atoms with E-state index in [1.54, 1.807) is 16.0 Å². The number of ether oxygens (including phenoxy) is 2. The first-order valence-electron chi connectivity index (χ1n) is 12.6. The van der Waals surface area contributed by atoms with Crippen LogP contribution in [0.4, 0.5) is 16.2 Å². The van der Waals surface area contributed by atoms with Gasteiger partial charge in [0, 0.05) is 51.5 Å². The van der Waals surface area contributed by atoms with Crippen LogP contribution in [0.25, 0.3) is 5.65 Å². The smallest absolute Gasteiger partial charge is 0.360 e. The second kappa shape index (κ2) is 10.7. The number of carbonyl (C=O) groups is 2. The molecule has 0 N–H and O–H groups in total. The van der Waals surface area contributed by atoms with E-state index in [9.17, 15) is 14.4 Å². The second-order valence-electron chi connectivity index (χ2n) is 9.58. The number of carbonyl (C=O) groups excluding carboxylic acids is 2. The van der Waals surface area contributed by atoms with Crippen LogP contribution in [-0.2, 0) is 4.74 Å². The Bertz CT molecular complexity index is 1190. The van der Waals surface area contributed by atoms with Gasteiger partial charge in [0.2, 0.25) is 5.75 Å². The highest BCUT2D eigenvalue weighted by molar-refractivity contribution is 5.99. The highest BCUT2D eigenvalue weighted by Crippen LogP contribution is 2.31. The van der Waals surface area contributed by atoms with E-state index in [1.165, 1.54) is 11.5 Å². The van der Waals surface area contributed by atoms with Gasteiger partial charge in [-0.1, -0.05) is 13.3 Å². The first-order valence-corrected chi connectivity index (χ1v) is 12.6. The van der Waals surface area contributed by atoms with Crippen LogP contribution in [0.3, 0.4) is 0 Å². The maximum Gasteiger partial charge on any atom is 0.360 e. The van der Waals surface area contributed by atoms with Crippen molar-refractivity contribution in [3.8, 4) is 5.75 Å². The molecule has 2 aromatic heterocycles. The van der Waals surface area contributed by atoms with Crippen LogP contribution < -0.4 is 20.1 Å². The average molecular weight is 501 g/mol. The zero-order chi connectivity index (χ0) is 26.0. The molecule has 0 spiro atoms. The first-order chi connectivity index (χ1) is 17.3. The number of esters is 1. The van der Waals surface area contributed by atoms with Gasteiger partial charge in [0.05, 0.1) is 25.1 Å². The van der Waals surface area contributed by atoms with Crippen molar-refractivity contribution in [2.24, 2.45) is 0 Å². The minimum absolute atomic E-state index is 0.0365. The van der Waals surface area contributed by atoms with Crippen molar-refractivity contribution in [3.63, 3.8) is 0 Å². The Hall–Kier alpha value is -3.34. The van der Waals surface area contributed by atoms with E-state index in [1.807, 2.05) is 26.8 Å². The summed E-state index contributed by atoms with van der Waals surface area (Å²) in [5.74, 6) is -0.891. The van der Waals surface area contributed by atoms with Gasteiger partial charge in [-0.3, -0.25) is 14.1 Å². The normalized spacial score (nSPS) is 16.9. The fourth-order valence-corrected chi connectivity index (χ4v) is 4.57. The molecule has 2 fully saturated rings. The Morgan fingerprint density at radius 2 is 1.83 bits per heavy atom. The van der Waals surface area contributed by atoms with Crippen molar-refractivity contribution < 1.29 is 19.1 Å². The van der Waals surface area contributed by atoms with Crippen molar-refractivity contribution in [2.75, 3.05) is 69.8 Å². The zero-order valence-electron chi connectivity index (χ0n) is 21.8. The van der Waals surface area contributed by atoms with Crippen molar-refractivity contribution in [3.05, 3.63) is 28.3 Å². The number of methoxy groups -OCH3 is 1. The summed E-state index contributed by atoms with van der Waals surface area (Å²) < 4.78 is 12.1. The molecule has 2 aliphatic rings. The number of hydrogen-bond donors (Lipinski definition) is 0. The fraction of sp³-hybridized carbons (Fsp3) is 0.600. The lowest BCUT2D eigenvalue weighted by atomic mass is 10.2. The van der Waals surface area contributed by atoms with Gasteiger partial charge in [-0.05, 0) is 33.4 Å². The van der Waals surface area contributed by atoms with Crippen LogP contribution in [-0.4, -0.2) is 97.3 Å². The number of unbranched alkanes of at least 4 members (excludes halogenated alkanes) is 1. The molecule has 2 saturated heterocycles. The molecule has 11 heteroatoms. The van der Waals surface area contributed by atoms with Crippen LogP contribution in [0.5, 0.6) is 5.75 Å². The molecule has 196 valence electrons. The summed E-state index contributed by atoms with van der Waals surface area (Å²) in [5, 5.41) is 0. The van der Waals surface area contributed by atoms with Gasteiger partial charge in [-0.25, -0.2) is 14.6 Å². The van der Waals surface area contributed by atoms with Crippen molar-refractivity contribution >= 4 is 29.0 Å². The van der Waals surface area contributed by atoms with Gasteiger partial charge in [0.15, 0.2) is 11.3 Å². The van der Waals surface area contributed by atoms with Gasteiger partial charge < -0.3 is 24.2 Å². The van der Waals surface area contributed by atoms with E-state index < -0.39 is 11.5 Å². The van der Waals surface area contributed by atoms with Crippen molar-refractivity contribution in [1.82, 2.24) is 19.2 Å². The van der Waals surface area contributed by atoms with Crippen LogP contribution in [0.2, 0.25) is 0 Å². The molecule has 0 aliphatic carbocycles. The van der Waals surface area contributed by atoms with E-state index in [4.69, 9.17) is 9.47 Å². The third kappa shape index (κ3) is 4.84. The predicted octanol–water partition coefficient (Wildman–Crippen LogP) is 2.06. The summed E-state index contributed by atoms with van der Waals surface area (Å²) in [6, 6.07) is 1.78. The number of amides is 2. The maximum absolute atomic E-state index is 13.7. The highest BCUT2D eigenvalue weighted by atomic mass is 16.5. The summed E-state index contributed by atoms with van der Waals surface area (Å²) in [6.07, 6.45) is 3.33. The predicted molar refractivity (Wildman–Crippen MR) is 137 cm³/mol. The lowest BCUT2D eigenvalue weighted by Gasteiger charge is -2.34. The molecule has 36 heavy (non-hydrogen) atoms. The number of piperazine rings is 1. The zero-order valence-corrected chi connectivity index (χ0v) is 21.8. The number of rotatable bonds is 8. The Morgan fingerprint density at radius 1 is 1.11 bits per heavy atom. The molecule has 2 aromatic rings. The molecule has 11 nitrogen and oxygen atoms in total. The number of pyridine rings is 1. The Labute approximate surface area is 211 Å². The van der Waals surface area contributed by atoms with Gasteiger partial charge in [-0.15, -0.1) is 0 Å². The van der Waals surface area contributed by atoms with E-state index in [0.29, 0.717) is 18.8 Å². The number of anilines is 2. The Kier molecular flexibility index (Phi) is 7.67. The average Bonchev–Trinajstić information content (AvgIpc) is 3.26. The topological polar surface area (TPSA) is 99.9 Å². The lowest BCUT2D eigenvalue weighted by molar-refractivity contribution is 0.0588. The van der Waals surface area contributed by atoms with Gasteiger partial charge >= 0.3 is 17.6 Å². The molecule has 0 bridgehead atoms. The summed E-state index contributed by atoms with van der Waals surface area (Å²) >= 11 is 0. The molecule has 0 saturated carbocycles. The molecule has 2 amide bonds. The highest BCUT2D eigenvalue weighted by Gasteiger charge is 2.34. The second-order valence-corrected chi connectivity index (χ2v) is 9.58. The number of fused-ring (bicyclic) bond motifs is 1. The molecule has 4 heterocycles. The van der Waals surface area contributed by atoms with E-state index >= 15 is 0 Å². The van der Waals surface area contributed by atoms with Gasteiger partial charge in [-0.2, -0.15) is 0 Å². The molecular formula is C25H36N6O5. The quantitative estimate of drug-likeness (QED) is 0.401. The minimum Gasteiger partial charge on any atom is -0.486 e. The maximum atomic E-state index is 13.7. The molecule has 0 aromatic carbocycles. The monoisotopic (exact) mass is 500 g/mol. The summed E-state index contributed by atoms with van der Waals surface area (Å²) in [5.41, 5.74) is 0.846. The van der Waals surface area contributed by atoms with Crippen LogP contribution in [0, 0.1) is 0 Å². The number of aromatic nitrogens is 2. The number of hydrogen-bond acceptors (Lipinski definition) is 8. The number of nitrogens with zero attached hydrogens (tertiary/aromatic N) is 6. The number of urea groups is 1. The minimum atomic E-state index is -0.758. The molecular weight excluding hydrogens is 464 g/mol. The van der Waals surface area contributed by atoms with Crippen LogP contribution in [0.1, 0.15) is 44.1 Å². The molecule has 2 aliphatic heterocycles. The number of likely N-dealkylation sites (N-methyl/N-ethyl adjacent to an activating group) is 1. The van der Waals surface area contributed by atoms with E-state index in [2.05, 4.69) is 21.8 Å². The molecule has 4 rings (SSSR count). The fourth-order valence-electron chi connectivity index (χ4n) is 4.57. The molecule has 0 atom stereocenters. The largest absolute Gasteiger partial charge is 0.486 e. The van der Waals surface area contributed by atoms with Gasteiger partial charge in [0.1, 0.15) is 0 Å². The third-order valence-electron chi connectivity index (χ3n) is 6.80. The first kappa shape index (κ1) is 25.7. The van der Waals surface area contributed by atoms with Crippen LogP contribution >= 0.6 is 0 Å². The third-order valence-corrected chi connectivity index (χ3v) is 6.80. The Morgan fingerprint density at radius 3 is 2.44 bits per heavy atom. The summed E-state index contributed by atoms with van der Waals surface area (Å²) in [7, 11) is 3.32. The molecule has 0 radical (unpaired) electrons. The van der Waals surface area contributed by atoms with Crippen molar-refractivity contribution in [1.29, 1.82) is 0 Å².